The Kier molecular flexibility index (Phi) is 6.18. The second-order valence-electron chi connectivity index (χ2n) is 6.53. The van der Waals surface area contributed by atoms with E-state index in [1.807, 2.05) is 25.5 Å². The van der Waals surface area contributed by atoms with Crippen LogP contribution in [-0.4, -0.2) is 42.9 Å². The molecule has 1 aromatic rings. The summed E-state index contributed by atoms with van der Waals surface area (Å²) >= 11 is 1.69. The lowest BCUT2D eigenvalue weighted by Crippen LogP contribution is -2.59. The third kappa shape index (κ3) is 4.54. The SMILES string of the molecule is CC(=O)NC1(C(=O)NC[C@@H](c2cccs2)N(C)C)CCCCC1. The normalized spacial score (nSPS) is 18.4. The molecule has 0 saturated heterocycles. The van der Waals surface area contributed by atoms with E-state index in [-0.39, 0.29) is 17.9 Å². The molecule has 1 aromatic heterocycles. The first-order chi connectivity index (χ1) is 10.9. The maximum absolute atomic E-state index is 12.8. The Labute approximate surface area is 142 Å². The van der Waals surface area contributed by atoms with Gasteiger partial charge in [-0.05, 0) is 38.4 Å². The van der Waals surface area contributed by atoms with Crippen LogP contribution in [-0.2, 0) is 9.59 Å². The highest BCUT2D eigenvalue weighted by molar-refractivity contribution is 7.10. The molecule has 5 nitrogen and oxygen atoms in total. The second-order valence-corrected chi connectivity index (χ2v) is 7.51. The Bertz CT molecular complexity index is 522. The predicted octanol–water partition coefficient (Wildman–Crippen LogP) is 2.31. The Morgan fingerprint density at radius 3 is 2.52 bits per heavy atom. The van der Waals surface area contributed by atoms with E-state index in [9.17, 15) is 9.59 Å². The van der Waals surface area contributed by atoms with Gasteiger partial charge in [-0.1, -0.05) is 25.3 Å². The van der Waals surface area contributed by atoms with Crippen molar-refractivity contribution >= 4 is 23.2 Å². The number of likely N-dealkylation sites (N-methyl/N-ethyl adjacent to an activating group) is 1. The summed E-state index contributed by atoms with van der Waals surface area (Å²) in [4.78, 5) is 27.7. The monoisotopic (exact) mass is 337 g/mol. The standard InChI is InChI=1S/C17H27N3O2S/c1-13(21)19-17(9-5-4-6-10-17)16(22)18-12-14(20(2)3)15-8-7-11-23-15/h7-8,11,14H,4-6,9-10,12H2,1-3H3,(H,18,22)(H,19,21)/t14-/m0/s1. The van der Waals surface area contributed by atoms with E-state index in [1.54, 1.807) is 11.3 Å². The van der Waals surface area contributed by atoms with Gasteiger partial charge in [-0.3, -0.25) is 9.59 Å². The average Bonchev–Trinajstić information content (AvgIpc) is 3.01. The van der Waals surface area contributed by atoms with Gasteiger partial charge in [0, 0.05) is 18.3 Å². The molecule has 0 bridgehead atoms. The quantitative estimate of drug-likeness (QED) is 0.837. The van der Waals surface area contributed by atoms with E-state index < -0.39 is 5.54 Å². The molecule has 2 amide bonds. The first-order valence-corrected chi connectivity index (χ1v) is 9.09. The van der Waals surface area contributed by atoms with Crippen molar-refractivity contribution in [1.82, 2.24) is 15.5 Å². The summed E-state index contributed by atoms with van der Waals surface area (Å²) in [7, 11) is 4.03. The molecular formula is C17H27N3O2S. The molecule has 2 N–H and O–H groups in total. The molecule has 6 heteroatoms. The van der Waals surface area contributed by atoms with E-state index >= 15 is 0 Å². The van der Waals surface area contributed by atoms with Crippen molar-refractivity contribution in [1.29, 1.82) is 0 Å². The molecule has 0 radical (unpaired) electrons. The molecule has 23 heavy (non-hydrogen) atoms. The maximum Gasteiger partial charge on any atom is 0.245 e. The number of nitrogens with one attached hydrogen (secondary N) is 2. The van der Waals surface area contributed by atoms with Crippen LogP contribution in [0.5, 0.6) is 0 Å². The Morgan fingerprint density at radius 2 is 2.00 bits per heavy atom. The molecule has 1 saturated carbocycles. The molecule has 0 aromatic carbocycles. The summed E-state index contributed by atoms with van der Waals surface area (Å²) in [5.74, 6) is -0.180. The number of thiophene rings is 1. The highest BCUT2D eigenvalue weighted by Gasteiger charge is 2.40. The maximum atomic E-state index is 12.8. The molecular weight excluding hydrogens is 310 g/mol. The van der Waals surface area contributed by atoms with Gasteiger partial charge >= 0.3 is 0 Å². The lowest BCUT2D eigenvalue weighted by atomic mass is 9.80. The van der Waals surface area contributed by atoms with Crippen LogP contribution in [0.4, 0.5) is 0 Å². The Hall–Kier alpha value is -1.40. The molecule has 1 aliphatic rings. The molecule has 1 fully saturated rings. The van der Waals surface area contributed by atoms with E-state index in [1.165, 1.54) is 11.8 Å². The summed E-state index contributed by atoms with van der Waals surface area (Å²) in [5.41, 5.74) is -0.726. The molecule has 0 spiro atoms. The highest BCUT2D eigenvalue weighted by Crippen LogP contribution is 2.29. The minimum absolute atomic E-state index is 0.0455. The minimum Gasteiger partial charge on any atom is -0.352 e. The zero-order valence-electron chi connectivity index (χ0n) is 14.2. The smallest absolute Gasteiger partial charge is 0.245 e. The summed E-state index contributed by atoms with van der Waals surface area (Å²) in [6.45, 7) is 2.03. The van der Waals surface area contributed by atoms with Crippen LogP contribution in [0, 0.1) is 0 Å². The van der Waals surface area contributed by atoms with Crippen LogP contribution in [0.15, 0.2) is 17.5 Å². The minimum atomic E-state index is -0.726. The summed E-state index contributed by atoms with van der Waals surface area (Å²) < 4.78 is 0. The van der Waals surface area contributed by atoms with Gasteiger partial charge in [0.15, 0.2) is 0 Å². The molecule has 128 valence electrons. The lowest BCUT2D eigenvalue weighted by Gasteiger charge is -2.37. The van der Waals surface area contributed by atoms with E-state index in [0.29, 0.717) is 6.54 Å². The highest BCUT2D eigenvalue weighted by atomic mass is 32.1. The van der Waals surface area contributed by atoms with Crippen LogP contribution in [0.25, 0.3) is 0 Å². The molecule has 0 aliphatic heterocycles. The van der Waals surface area contributed by atoms with Gasteiger partial charge in [-0.15, -0.1) is 11.3 Å². The average molecular weight is 337 g/mol. The molecule has 0 unspecified atom stereocenters. The van der Waals surface area contributed by atoms with Crippen LogP contribution >= 0.6 is 11.3 Å². The van der Waals surface area contributed by atoms with Crippen LogP contribution in [0.1, 0.15) is 49.9 Å². The first-order valence-electron chi connectivity index (χ1n) is 8.21. The number of rotatable bonds is 6. The number of carbonyl (C=O) groups is 2. The third-order valence-electron chi connectivity index (χ3n) is 4.51. The molecule has 2 rings (SSSR count). The predicted molar refractivity (Wildman–Crippen MR) is 93.4 cm³/mol. The number of hydrogen-bond donors (Lipinski definition) is 2. The van der Waals surface area contributed by atoms with Gasteiger partial charge in [0.05, 0.1) is 6.04 Å². The lowest BCUT2D eigenvalue weighted by molar-refractivity contribution is -0.134. The topological polar surface area (TPSA) is 61.4 Å². The fraction of sp³-hybridized carbons (Fsp3) is 0.647. The number of carbonyl (C=O) groups excluding carboxylic acids is 2. The van der Waals surface area contributed by atoms with Crippen LogP contribution in [0.2, 0.25) is 0 Å². The first kappa shape index (κ1) is 17.9. The third-order valence-corrected chi connectivity index (χ3v) is 5.48. The van der Waals surface area contributed by atoms with Crippen molar-refractivity contribution in [2.75, 3.05) is 20.6 Å². The largest absolute Gasteiger partial charge is 0.352 e. The van der Waals surface area contributed by atoms with Gasteiger partial charge in [-0.25, -0.2) is 0 Å². The summed E-state index contributed by atoms with van der Waals surface area (Å²) in [5, 5.41) is 8.05. The van der Waals surface area contributed by atoms with Crippen molar-refractivity contribution < 1.29 is 9.59 Å². The molecule has 1 aliphatic carbocycles. The van der Waals surface area contributed by atoms with Gasteiger partial charge in [0.1, 0.15) is 5.54 Å². The van der Waals surface area contributed by atoms with Crippen LogP contribution in [0.3, 0.4) is 0 Å². The number of hydrogen-bond acceptors (Lipinski definition) is 4. The zero-order chi connectivity index (χ0) is 16.9. The number of nitrogens with zero attached hydrogens (tertiary/aromatic N) is 1. The van der Waals surface area contributed by atoms with E-state index in [4.69, 9.17) is 0 Å². The van der Waals surface area contributed by atoms with Crippen molar-refractivity contribution in [2.45, 2.75) is 50.6 Å². The van der Waals surface area contributed by atoms with Crippen molar-refractivity contribution in [2.24, 2.45) is 0 Å². The second kappa shape index (κ2) is 7.93. The van der Waals surface area contributed by atoms with Crippen molar-refractivity contribution in [3.8, 4) is 0 Å². The summed E-state index contributed by atoms with van der Waals surface area (Å²) in [6, 6.07) is 4.26. The summed E-state index contributed by atoms with van der Waals surface area (Å²) in [6.07, 6.45) is 4.55. The molecule has 1 atom stereocenters. The van der Waals surface area contributed by atoms with Gasteiger partial charge in [-0.2, -0.15) is 0 Å². The fourth-order valence-corrected chi connectivity index (χ4v) is 4.20. The Morgan fingerprint density at radius 1 is 1.30 bits per heavy atom. The van der Waals surface area contributed by atoms with Gasteiger partial charge < -0.3 is 15.5 Å². The van der Waals surface area contributed by atoms with Crippen molar-refractivity contribution in [3.63, 3.8) is 0 Å². The van der Waals surface area contributed by atoms with Gasteiger partial charge in [0.2, 0.25) is 11.8 Å². The number of amides is 2. The molecule has 1 heterocycles. The van der Waals surface area contributed by atoms with E-state index in [0.717, 1.165) is 32.1 Å². The van der Waals surface area contributed by atoms with Crippen LogP contribution < -0.4 is 10.6 Å². The zero-order valence-corrected chi connectivity index (χ0v) is 15.0. The van der Waals surface area contributed by atoms with Gasteiger partial charge in [0.25, 0.3) is 0 Å². The van der Waals surface area contributed by atoms with Crippen molar-refractivity contribution in [3.05, 3.63) is 22.4 Å². The van der Waals surface area contributed by atoms with E-state index in [2.05, 4.69) is 21.6 Å². The fourth-order valence-electron chi connectivity index (χ4n) is 3.28. The Balaban J connectivity index is 2.04.